The first-order valence-electron chi connectivity index (χ1n) is 9.38. The Labute approximate surface area is 160 Å². The van der Waals surface area contributed by atoms with Crippen molar-refractivity contribution in [1.82, 2.24) is 0 Å². The number of carbonyl (C=O) groups excluding carboxylic acids is 1. The van der Waals surface area contributed by atoms with Crippen LogP contribution < -0.4 is 0 Å². The number of rotatable bonds is 2. The van der Waals surface area contributed by atoms with Crippen molar-refractivity contribution < 1.29 is 9.53 Å². The third kappa shape index (κ3) is 2.59. The zero-order chi connectivity index (χ0) is 19.2. The zero-order valence-electron chi connectivity index (χ0n) is 16.2. The van der Waals surface area contributed by atoms with Crippen LogP contribution in [0.4, 0.5) is 0 Å². The van der Waals surface area contributed by atoms with E-state index in [9.17, 15) is 4.79 Å². The summed E-state index contributed by atoms with van der Waals surface area (Å²) in [4.78, 5) is 13.0. The van der Waals surface area contributed by atoms with Crippen molar-refractivity contribution in [3.63, 3.8) is 0 Å². The third-order valence-electron chi connectivity index (χ3n) is 5.19. The van der Waals surface area contributed by atoms with Gasteiger partial charge in [-0.1, -0.05) is 66.7 Å². The van der Waals surface area contributed by atoms with Crippen LogP contribution in [0, 0.1) is 5.41 Å². The quantitative estimate of drug-likeness (QED) is 0.402. The lowest BCUT2D eigenvalue weighted by Crippen LogP contribution is -2.38. The van der Waals surface area contributed by atoms with E-state index in [-0.39, 0.29) is 5.97 Å². The average Bonchev–Trinajstić information content (AvgIpc) is 2.65. The largest absolute Gasteiger partial charge is 0.444 e. The Bertz CT molecular complexity index is 1060. The van der Waals surface area contributed by atoms with Crippen molar-refractivity contribution in [2.24, 2.45) is 5.41 Å². The van der Waals surface area contributed by atoms with Crippen LogP contribution >= 0.6 is 0 Å². The first-order chi connectivity index (χ1) is 12.9. The van der Waals surface area contributed by atoms with E-state index in [4.69, 9.17) is 4.74 Å². The molecule has 0 aliphatic heterocycles. The lowest BCUT2D eigenvalue weighted by Gasteiger charge is -2.39. The second-order valence-electron chi connectivity index (χ2n) is 8.13. The zero-order valence-corrected chi connectivity index (χ0v) is 16.2. The molecule has 0 spiro atoms. The van der Waals surface area contributed by atoms with E-state index < -0.39 is 11.0 Å². The Morgan fingerprint density at radius 1 is 0.889 bits per heavy atom. The fraction of sp³-hybridized carbons (Fsp3) is 0.240. The van der Waals surface area contributed by atoms with Gasteiger partial charge in [0.1, 0.15) is 0 Å². The van der Waals surface area contributed by atoms with Crippen molar-refractivity contribution in [1.29, 1.82) is 0 Å². The van der Waals surface area contributed by atoms with Gasteiger partial charge in [0.2, 0.25) is 0 Å². The smallest absolute Gasteiger partial charge is 0.312 e. The molecule has 0 saturated carbocycles. The molecule has 3 aromatic carbocycles. The van der Waals surface area contributed by atoms with Crippen molar-refractivity contribution >= 4 is 16.7 Å². The van der Waals surface area contributed by atoms with Crippen molar-refractivity contribution in [3.05, 3.63) is 83.9 Å². The highest BCUT2D eigenvalue weighted by Gasteiger charge is 2.44. The highest BCUT2D eigenvalue weighted by Crippen LogP contribution is 2.50. The minimum absolute atomic E-state index is 0.216. The summed E-state index contributed by atoms with van der Waals surface area (Å²) in [6.45, 7) is 7.64. The van der Waals surface area contributed by atoms with Gasteiger partial charge in [0.05, 0.1) is 5.41 Å². The molecule has 1 aliphatic carbocycles. The predicted octanol–water partition coefficient (Wildman–Crippen LogP) is 6.23. The van der Waals surface area contributed by atoms with Gasteiger partial charge in [-0.2, -0.15) is 0 Å². The van der Waals surface area contributed by atoms with Gasteiger partial charge in [-0.15, -0.1) is 0 Å². The molecular weight excluding hydrogens is 332 g/mol. The fourth-order valence-electron chi connectivity index (χ4n) is 3.92. The number of fused-ring (bicyclic) bond motifs is 2. The summed E-state index contributed by atoms with van der Waals surface area (Å²) in [6, 6.07) is 20.8. The Kier molecular flexibility index (Phi) is 3.96. The van der Waals surface area contributed by atoms with Gasteiger partial charge in [0.25, 0.3) is 0 Å². The molecule has 1 atom stereocenters. The van der Waals surface area contributed by atoms with Gasteiger partial charge in [0, 0.05) is 11.1 Å². The molecule has 0 N–H and O–H groups in total. The van der Waals surface area contributed by atoms with Crippen molar-refractivity contribution in [3.8, 4) is 11.1 Å². The van der Waals surface area contributed by atoms with Gasteiger partial charge in [-0.25, -0.2) is 0 Å². The molecule has 0 fully saturated rings. The van der Waals surface area contributed by atoms with E-state index in [1.165, 1.54) is 5.56 Å². The molecule has 3 aromatic rings. The number of esters is 1. The molecule has 0 aromatic heterocycles. The summed E-state index contributed by atoms with van der Waals surface area (Å²) < 4.78 is 6.33. The molecule has 136 valence electrons. The summed E-state index contributed by atoms with van der Waals surface area (Å²) in [5.41, 5.74) is 2.81. The minimum atomic E-state index is -0.927. The normalized spacial score (nSPS) is 18.5. The molecule has 4 rings (SSSR count). The maximum Gasteiger partial charge on any atom is 0.312 e. The van der Waals surface area contributed by atoms with Crippen molar-refractivity contribution in [2.75, 3.05) is 0 Å². The maximum absolute atomic E-state index is 13.0. The lowest BCUT2D eigenvalue weighted by molar-refractivity contribution is -0.162. The molecule has 0 amide bonds. The molecule has 1 unspecified atom stereocenters. The van der Waals surface area contributed by atoms with Crippen LogP contribution in [-0.4, -0.2) is 5.97 Å². The second kappa shape index (κ2) is 6.09. The average molecular weight is 356 g/mol. The van der Waals surface area contributed by atoms with E-state index >= 15 is 0 Å². The monoisotopic (exact) mass is 356 g/mol. The van der Waals surface area contributed by atoms with Crippen LogP contribution in [0.2, 0.25) is 0 Å². The number of carbonyl (C=O) groups is 1. The topological polar surface area (TPSA) is 26.3 Å². The van der Waals surface area contributed by atoms with E-state index in [1.54, 1.807) is 0 Å². The van der Waals surface area contributed by atoms with Crippen molar-refractivity contribution in [2.45, 2.75) is 33.3 Å². The lowest BCUT2D eigenvalue weighted by atomic mass is 9.73. The Hall–Kier alpha value is -2.87. The first-order valence-corrected chi connectivity index (χ1v) is 9.38. The summed E-state index contributed by atoms with van der Waals surface area (Å²) >= 11 is 0. The molecule has 1 aliphatic rings. The molecule has 2 nitrogen and oxygen atoms in total. The molecule has 0 heterocycles. The van der Waals surface area contributed by atoms with Gasteiger partial charge in [-0.05, 0) is 55.7 Å². The maximum atomic E-state index is 13.0. The van der Waals surface area contributed by atoms with Crippen LogP contribution in [-0.2, 0) is 15.1 Å². The third-order valence-corrected chi connectivity index (χ3v) is 5.19. The van der Waals surface area contributed by atoms with E-state index in [0.717, 1.165) is 27.5 Å². The highest BCUT2D eigenvalue weighted by atomic mass is 16.6. The molecule has 0 bridgehead atoms. The molecule has 27 heavy (non-hydrogen) atoms. The van der Waals surface area contributed by atoms with Gasteiger partial charge in [-0.3, -0.25) is 4.79 Å². The number of benzene rings is 3. The minimum Gasteiger partial charge on any atom is -0.444 e. The first kappa shape index (κ1) is 17.5. The summed E-state index contributed by atoms with van der Waals surface area (Å²) in [7, 11) is 0. The van der Waals surface area contributed by atoms with Crippen LogP contribution in [0.3, 0.4) is 0 Å². The number of ether oxygens (including phenoxy) is 1. The molecule has 0 saturated heterocycles. The fourth-order valence-corrected chi connectivity index (χ4v) is 3.92. The SMILES string of the molecule is C/C=C/C1(OC(=O)C(C)(C)C)c2ccccc2-c2cccc3cccc1c23. The Morgan fingerprint density at radius 3 is 2.22 bits per heavy atom. The number of allylic oxidation sites excluding steroid dienone is 1. The standard InChI is InChI=1S/C25H24O2/c1-5-16-25(27-23(26)24(2,3)4)20-14-7-6-12-18(20)19-13-8-10-17-11-9-15-21(25)22(17)19/h5-16H,1-4H3/b16-5+. The van der Waals surface area contributed by atoms with Gasteiger partial charge >= 0.3 is 5.97 Å². The van der Waals surface area contributed by atoms with Crippen LogP contribution in [0.25, 0.3) is 21.9 Å². The van der Waals surface area contributed by atoms with Crippen LogP contribution in [0.5, 0.6) is 0 Å². The Morgan fingerprint density at radius 2 is 1.52 bits per heavy atom. The summed E-state index contributed by atoms with van der Waals surface area (Å²) in [5, 5.41) is 2.30. The predicted molar refractivity (Wildman–Crippen MR) is 111 cm³/mol. The van der Waals surface area contributed by atoms with Gasteiger partial charge in [0.15, 0.2) is 5.60 Å². The molecule has 0 radical (unpaired) electrons. The number of hydrogen-bond acceptors (Lipinski definition) is 2. The number of hydrogen-bond donors (Lipinski definition) is 0. The summed E-state index contributed by atoms with van der Waals surface area (Å²) in [6.07, 6.45) is 3.99. The molecular formula is C25H24O2. The van der Waals surface area contributed by atoms with E-state index in [1.807, 2.05) is 58.0 Å². The van der Waals surface area contributed by atoms with Crippen LogP contribution in [0.15, 0.2) is 72.8 Å². The van der Waals surface area contributed by atoms with Gasteiger partial charge < -0.3 is 4.74 Å². The van der Waals surface area contributed by atoms with E-state index in [2.05, 4.69) is 42.5 Å². The van der Waals surface area contributed by atoms with Crippen LogP contribution in [0.1, 0.15) is 38.8 Å². The second-order valence-corrected chi connectivity index (χ2v) is 8.13. The molecule has 2 heteroatoms. The summed E-state index contributed by atoms with van der Waals surface area (Å²) in [5.74, 6) is -0.216. The highest BCUT2D eigenvalue weighted by molar-refractivity contribution is 6.03. The Balaban J connectivity index is 2.12. The van der Waals surface area contributed by atoms with E-state index in [0.29, 0.717) is 0 Å².